The van der Waals surface area contributed by atoms with Crippen molar-refractivity contribution in [2.45, 2.75) is 13.8 Å². The first-order valence-corrected chi connectivity index (χ1v) is 15.4. The Bertz CT molecular complexity index is 1880. The Labute approximate surface area is 256 Å². The van der Waals surface area contributed by atoms with Crippen LogP contribution in [-0.2, 0) is 11.8 Å². The van der Waals surface area contributed by atoms with Gasteiger partial charge in [0.15, 0.2) is 5.69 Å². The highest BCUT2D eigenvalue weighted by Gasteiger charge is 2.18. The monoisotopic (exact) mass is 642 g/mol. The van der Waals surface area contributed by atoms with Crippen molar-refractivity contribution in [3.05, 3.63) is 115 Å². The minimum atomic E-state index is -0.178. The van der Waals surface area contributed by atoms with E-state index in [0.717, 1.165) is 64.7 Å². The zero-order chi connectivity index (χ0) is 29.2. The van der Waals surface area contributed by atoms with Gasteiger partial charge in [-0.1, -0.05) is 64.5 Å². The van der Waals surface area contributed by atoms with Crippen LogP contribution in [0.5, 0.6) is 0 Å². The van der Waals surface area contributed by atoms with Gasteiger partial charge < -0.3 is 9.64 Å². The molecule has 0 spiro atoms. The van der Waals surface area contributed by atoms with Gasteiger partial charge in [-0.3, -0.25) is 9.48 Å². The van der Waals surface area contributed by atoms with Gasteiger partial charge in [-0.05, 0) is 49.7 Å². The van der Waals surface area contributed by atoms with Crippen molar-refractivity contribution < 1.29 is 4.74 Å². The number of rotatable bonds is 6. The van der Waals surface area contributed by atoms with Crippen molar-refractivity contribution in [2.24, 2.45) is 17.1 Å². The van der Waals surface area contributed by atoms with Gasteiger partial charge in [-0.25, -0.2) is 14.4 Å². The molecule has 1 aliphatic heterocycles. The normalized spacial score (nSPS) is 14.5. The Hall–Kier alpha value is -3.99. The number of hydrogen-bond donors (Lipinski definition) is 0. The third-order valence-corrected chi connectivity index (χ3v) is 8.99. The lowest BCUT2D eigenvalue weighted by Gasteiger charge is -2.28. The number of benzene rings is 3. The van der Waals surface area contributed by atoms with Crippen LogP contribution in [0.4, 0.5) is 11.4 Å². The molecule has 0 N–H and O–H groups in total. The van der Waals surface area contributed by atoms with Gasteiger partial charge in [-0.15, -0.1) is 11.3 Å². The van der Waals surface area contributed by atoms with Gasteiger partial charge in [-0.2, -0.15) is 5.10 Å². The average Bonchev–Trinajstić information content (AvgIpc) is 3.51. The van der Waals surface area contributed by atoms with E-state index in [4.69, 9.17) is 14.8 Å². The molecule has 2 aromatic heterocycles. The smallest absolute Gasteiger partial charge is 0.297 e. The number of hydrogen-bond acceptors (Lipinski definition) is 6. The van der Waals surface area contributed by atoms with Crippen molar-refractivity contribution in [1.82, 2.24) is 14.0 Å². The molecule has 0 bridgehead atoms. The molecule has 0 atom stereocenters. The van der Waals surface area contributed by atoms with Crippen molar-refractivity contribution >= 4 is 44.4 Å². The minimum Gasteiger partial charge on any atom is -0.378 e. The maximum atomic E-state index is 13.7. The maximum Gasteiger partial charge on any atom is 0.297 e. The SMILES string of the molecule is CC(=Nn1c(-c2ccccc2Br)csc1=Nc1c(C)n(C)n(-c2ccccc2)c1=O)c1ccc(N2CCOCC2)cc1. The van der Waals surface area contributed by atoms with Crippen molar-refractivity contribution in [2.75, 3.05) is 31.2 Å². The summed E-state index contributed by atoms with van der Waals surface area (Å²) in [5.74, 6) is 0. The first-order valence-electron chi connectivity index (χ1n) is 13.8. The second-order valence-corrected chi connectivity index (χ2v) is 11.7. The average molecular weight is 644 g/mol. The zero-order valence-electron chi connectivity index (χ0n) is 23.7. The van der Waals surface area contributed by atoms with Crippen molar-refractivity contribution in [3.63, 3.8) is 0 Å². The highest BCUT2D eigenvalue weighted by atomic mass is 79.9. The first kappa shape index (κ1) is 28.1. The lowest BCUT2D eigenvalue weighted by atomic mass is 10.1. The molecule has 5 aromatic rings. The number of thiazole rings is 1. The molecule has 10 heteroatoms. The fourth-order valence-electron chi connectivity index (χ4n) is 5.05. The number of halogens is 1. The Morgan fingerprint density at radius 1 is 0.929 bits per heavy atom. The van der Waals surface area contributed by atoms with E-state index in [-0.39, 0.29) is 5.56 Å². The molecule has 214 valence electrons. The van der Waals surface area contributed by atoms with Crippen LogP contribution in [-0.4, -0.2) is 46.1 Å². The molecule has 1 saturated heterocycles. The molecular formula is C32H31BrN6O2S. The molecule has 1 aliphatic rings. The molecule has 0 amide bonds. The summed E-state index contributed by atoms with van der Waals surface area (Å²) in [6.45, 7) is 7.19. The van der Waals surface area contributed by atoms with Gasteiger partial charge in [0.2, 0.25) is 4.80 Å². The van der Waals surface area contributed by atoms with Crippen molar-refractivity contribution in [3.8, 4) is 16.9 Å². The van der Waals surface area contributed by atoms with Crippen LogP contribution in [0.3, 0.4) is 0 Å². The van der Waals surface area contributed by atoms with E-state index in [1.165, 1.54) is 17.0 Å². The predicted molar refractivity (Wildman–Crippen MR) is 173 cm³/mol. The standard InChI is InChI=1S/C32H31BrN6O2S/c1-22(24-13-15-25(16-14-24)37-17-19-41-20-18-37)35-38-29(27-11-7-8-12-28(27)33)21-42-32(38)34-30-23(2)36(3)39(31(30)40)26-9-5-4-6-10-26/h4-16,21H,17-20H2,1-3H3. The fraction of sp³-hybridized carbons (Fsp3) is 0.219. The summed E-state index contributed by atoms with van der Waals surface area (Å²) < 4.78 is 11.8. The van der Waals surface area contributed by atoms with Crippen LogP contribution < -0.4 is 15.3 Å². The van der Waals surface area contributed by atoms with E-state index >= 15 is 0 Å². The highest BCUT2D eigenvalue weighted by Crippen LogP contribution is 2.29. The van der Waals surface area contributed by atoms with Gasteiger partial charge >= 0.3 is 0 Å². The number of nitrogens with zero attached hydrogens (tertiary/aromatic N) is 6. The molecule has 1 fully saturated rings. The van der Waals surface area contributed by atoms with E-state index in [1.807, 2.05) is 90.2 Å². The van der Waals surface area contributed by atoms with E-state index in [1.54, 1.807) is 4.68 Å². The summed E-state index contributed by atoms with van der Waals surface area (Å²) in [7, 11) is 1.88. The molecule has 8 nitrogen and oxygen atoms in total. The minimum absolute atomic E-state index is 0.178. The predicted octanol–water partition coefficient (Wildman–Crippen LogP) is 6.12. The molecule has 0 unspecified atom stereocenters. The number of ether oxygens (including phenoxy) is 1. The second kappa shape index (κ2) is 12.1. The van der Waals surface area contributed by atoms with E-state index in [0.29, 0.717) is 10.5 Å². The van der Waals surface area contributed by atoms with Crippen LogP contribution in [0.25, 0.3) is 16.9 Å². The van der Waals surface area contributed by atoms with Crippen LogP contribution in [0.1, 0.15) is 18.2 Å². The number of aromatic nitrogens is 3. The molecule has 3 aromatic carbocycles. The van der Waals surface area contributed by atoms with Crippen LogP contribution in [0.15, 0.2) is 104 Å². The summed E-state index contributed by atoms with van der Waals surface area (Å²) in [6.07, 6.45) is 0. The zero-order valence-corrected chi connectivity index (χ0v) is 26.1. The molecule has 0 aliphatic carbocycles. The summed E-state index contributed by atoms with van der Waals surface area (Å²) >= 11 is 5.16. The van der Waals surface area contributed by atoms with E-state index in [9.17, 15) is 4.79 Å². The Morgan fingerprint density at radius 3 is 2.33 bits per heavy atom. The fourth-order valence-corrected chi connectivity index (χ4v) is 6.36. The largest absolute Gasteiger partial charge is 0.378 e. The summed E-state index contributed by atoms with van der Waals surface area (Å²) in [4.78, 5) is 21.5. The van der Waals surface area contributed by atoms with Gasteiger partial charge in [0.25, 0.3) is 5.56 Å². The third-order valence-electron chi connectivity index (χ3n) is 7.48. The number of anilines is 1. The molecule has 42 heavy (non-hydrogen) atoms. The van der Waals surface area contributed by atoms with E-state index < -0.39 is 0 Å². The summed E-state index contributed by atoms with van der Waals surface area (Å²) in [5, 5.41) is 7.10. The quantitative estimate of drug-likeness (QED) is 0.210. The van der Waals surface area contributed by atoms with Crippen LogP contribution in [0.2, 0.25) is 0 Å². The lowest BCUT2D eigenvalue weighted by molar-refractivity contribution is 0.122. The molecule has 6 rings (SSSR count). The molecule has 0 saturated carbocycles. The highest BCUT2D eigenvalue weighted by molar-refractivity contribution is 9.10. The summed E-state index contributed by atoms with van der Waals surface area (Å²) in [5.41, 5.74) is 6.66. The number of morpholine rings is 1. The lowest BCUT2D eigenvalue weighted by Crippen LogP contribution is -2.36. The van der Waals surface area contributed by atoms with Gasteiger partial charge in [0.1, 0.15) is 0 Å². The number of para-hydroxylation sites is 1. The topological polar surface area (TPSA) is 69.0 Å². The van der Waals surface area contributed by atoms with Crippen LogP contribution >= 0.6 is 27.3 Å². The van der Waals surface area contributed by atoms with Crippen molar-refractivity contribution in [1.29, 1.82) is 0 Å². The maximum absolute atomic E-state index is 13.7. The van der Waals surface area contributed by atoms with Gasteiger partial charge in [0, 0.05) is 41.2 Å². The first-order chi connectivity index (χ1) is 20.4. The Morgan fingerprint density at radius 2 is 1.62 bits per heavy atom. The Balaban J connectivity index is 1.47. The van der Waals surface area contributed by atoms with Crippen LogP contribution in [0, 0.1) is 6.92 Å². The Kier molecular flexibility index (Phi) is 8.10. The van der Waals surface area contributed by atoms with E-state index in [2.05, 4.69) is 45.1 Å². The molecular weight excluding hydrogens is 612 g/mol. The van der Waals surface area contributed by atoms with Gasteiger partial charge in [0.05, 0.1) is 36.0 Å². The second-order valence-electron chi connectivity index (χ2n) is 10.0. The molecule has 0 radical (unpaired) electrons. The third kappa shape index (κ3) is 5.45. The molecule has 3 heterocycles. The summed E-state index contributed by atoms with van der Waals surface area (Å²) in [6, 6.07) is 26.1.